The summed E-state index contributed by atoms with van der Waals surface area (Å²) in [6.07, 6.45) is 12.0. The molecule has 1 saturated heterocycles. The van der Waals surface area contributed by atoms with E-state index in [4.69, 9.17) is 9.72 Å². The van der Waals surface area contributed by atoms with E-state index >= 15 is 0 Å². The molecule has 0 amide bonds. The standard InChI is InChI=1S/C33H44N6O4/c1-21-26-20-35-32(37-30(26)39(24-10-6-7-11-24)31(42)29(21)22(2)40)36-27-14-13-25(19-34-27)38-17-15-23(16-18-38)9-8-12-28(41)43-33(3,4)5/h13-14,19-20,23-24H,6-12,15-18H2,1-5H3,(H,34,35,36,37). The number of carbonyl (C=O) groups excluding carboxylic acids is 2. The smallest absolute Gasteiger partial charge is 0.306 e. The molecule has 1 N–H and O–H groups in total. The van der Waals surface area contributed by atoms with Gasteiger partial charge in [-0.1, -0.05) is 12.8 Å². The molecule has 1 aliphatic heterocycles. The van der Waals surface area contributed by atoms with Gasteiger partial charge in [-0.05, 0) is 96.8 Å². The van der Waals surface area contributed by atoms with E-state index in [1.165, 1.54) is 6.92 Å². The summed E-state index contributed by atoms with van der Waals surface area (Å²) in [4.78, 5) is 54.1. The van der Waals surface area contributed by atoms with Crippen LogP contribution >= 0.6 is 0 Å². The third-order valence-electron chi connectivity index (χ3n) is 8.63. The van der Waals surface area contributed by atoms with E-state index in [-0.39, 0.29) is 28.9 Å². The molecule has 2 aliphatic rings. The van der Waals surface area contributed by atoms with E-state index < -0.39 is 5.60 Å². The Bertz CT molecular complexity index is 1530. The van der Waals surface area contributed by atoms with Crippen LogP contribution in [-0.4, -0.2) is 50.0 Å². The SMILES string of the molecule is CC(=O)c1c(C)c2cnc(Nc3ccc(N4CCC(CCCC(=O)OC(C)(C)C)CC4)cn3)nc2n(C2CCCC2)c1=O. The van der Waals surface area contributed by atoms with E-state index in [1.807, 2.05) is 33.0 Å². The number of ether oxygens (including phenoxy) is 1. The zero-order valence-electron chi connectivity index (χ0n) is 26.1. The molecule has 0 radical (unpaired) electrons. The highest BCUT2D eigenvalue weighted by Crippen LogP contribution is 2.32. The molecule has 3 aromatic heterocycles. The average Bonchev–Trinajstić information content (AvgIpc) is 3.47. The molecule has 43 heavy (non-hydrogen) atoms. The highest BCUT2D eigenvalue weighted by molar-refractivity contribution is 5.99. The Labute approximate surface area is 253 Å². The van der Waals surface area contributed by atoms with Crippen molar-refractivity contribution in [1.29, 1.82) is 0 Å². The lowest BCUT2D eigenvalue weighted by Gasteiger charge is -2.33. The van der Waals surface area contributed by atoms with Crippen molar-refractivity contribution in [3.8, 4) is 0 Å². The van der Waals surface area contributed by atoms with E-state index in [1.54, 1.807) is 17.7 Å². The van der Waals surface area contributed by atoms with Crippen LogP contribution in [0.1, 0.15) is 107 Å². The van der Waals surface area contributed by atoms with Crippen LogP contribution in [0.3, 0.4) is 0 Å². The van der Waals surface area contributed by atoms with Crippen molar-refractivity contribution in [2.45, 2.75) is 104 Å². The molecule has 5 rings (SSSR count). The number of hydrogen-bond donors (Lipinski definition) is 1. The predicted octanol–water partition coefficient (Wildman–Crippen LogP) is 6.28. The van der Waals surface area contributed by atoms with E-state index in [2.05, 4.69) is 26.3 Å². The zero-order valence-corrected chi connectivity index (χ0v) is 26.1. The number of nitrogens with one attached hydrogen (secondary N) is 1. The van der Waals surface area contributed by atoms with E-state index in [9.17, 15) is 14.4 Å². The molecule has 10 nitrogen and oxygen atoms in total. The first-order valence-corrected chi connectivity index (χ1v) is 15.6. The van der Waals surface area contributed by atoms with Gasteiger partial charge in [0.2, 0.25) is 5.95 Å². The van der Waals surface area contributed by atoms with Crippen LogP contribution in [0.5, 0.6) is 0 Å². The van der Waals surface area contributed by atoms with Crippen LogP contribution in [0.4, 0.5) is 17.5 Å². The molecule has 2 fully saturated rings. The Morgan fingerprint density at radius 2 is 1.77 bits per heavy atom. The molecule has 10 heteroatoms. The summed E-state index contributed by atoms with van der Waals surface area (Å²) in [5.41, 5.74) is 1.79. The first-order valence-electron chi connectivity index (χ1n) is 15.6. The molecule has 230 valence electrons. The molecular weight excluding hydrogens is 544 g/mol. The van der Waals surface area contributed by atoms with Gasteiger partial charge in [0, 0.05) is 37.1 Å². The Balaban J connectivity index is 1.22. The van der Waals surface area contributed by atoms with Crippen molar-refractivity contribution in [2.24, 2.45) is 5.92 Å². The molecular formula is C33H44N6O4. The van der Waals surface area contributed by atoms with Crippen molar-refractivity contribution in [2.75, 3.05) is 23.3 Å². The summed E-state index contributed by atoms with van der Waals surface area (Å²) in [7, 11) is 0. The van der Waals surface area contributed by atoms with Crippen molar-refractivity contribution in [3.05, 3.63) is 46.0 Å². The molecule has 0 bridgehead atoms. The number of aryl methyl sites for hydroxylation is 1. The van der Waals surface area contributed by atoms with Crippen LogP contribution < -0.4 is 15.8 Å². The van der Waals surface area contributed by atoms with Gasteiger partial charge >= 0.3 is 5.97 Å². The van der Waals surface area contributed by atoms with Gasteiger partial charge in [-0.15, -0.1) is 0 Å². The maximum atomic E-state index is 13.5. The normalized spacial score (nSPS) is 16.5. The predicted molar refractivity (Wildman–Crippen MR) is 168 cm³/mol. The summed E-state index contributed by atoms with van der Waals surface area (Å²) >= 11 is 0. The maximum Gasteiger partial charge on any atom is 0.306 e. The minimum atomic E-state index is -0.427. The van der Waals surface area contributed by atoms with Crippen LogP contribution in [0.2, 0.25) is 0 Å². The number of aromatic nitrogens is 4. The number of nitrogens with zero attached hydrogens (tertiary/aromatic N) is 5. The topological polar surface area (TPSA) is 119 Å². The number of carbonyl (C=O) groups is 2. The summed E-state index contributed by atoms with van der Waals surface area (Å²) in [6.45, 7) is 10.9. The van der Waals surface area contributed by atoms with Crippen molar-refractivity contribution in [1.82, 2.24) is 19.5 Å². The van der Waals surface area contributed by atoms with E-state index in [0.717, 1.165) is 75.5 Å². The van der Waals surface area contributed by atoms with Gasteiger partial charge in [0.25, 0.3) is 5.56 Å². The Kier molecular flexibility index (Phi) is 9.13. The van der Waals surface area contributed by atoms with Gasteiger partial charge in [0.05, 0.1) is 17.4 Å². The maximum absolute atomic E-state index is 13.5. The summed E-state index contributed by atoms with van der Waals surface area (Å²) in [6, 6.07) is 4.00. The highest BCUT2D eigenvalue weighted by atomic mass is 16.6. The molecule has 0 atom stereocenters. The quantitative estimate of drug-likeness (QED) is 0.227. The Hall–Kier alpha value is -3.82. The number of rotatable bonds is 9. The number of ketones is 1. The Morgan fingerprint density at radius 1 is 1.05 bits per heavy atom. The van der Waals surface area contributed by atoms with Crippen molar-refractivity contribution >= 4 is 40.2 Å². The third-order valence-corrected chi connectivity index (χ3v) is 8.63. The van der Waals surface area contributed by atoms with Crippen molar-refractivity contribution < 1.29 is 14.3 Å². The van der Waals surface area contributed by atoms with Gasteiger partial charge in [0.15, 0.2) is 5.78 Å². The molecule has 4 heterocycles. The van der Waals surface area contributed by atoms with Gasteiger partial charge in [-0.25, -0.2) is 9.97 Å². The molecule has 3 aromatic rings. The second-order valence-electron chi connectivity index (χ2n) is 13.0. The number of anilines is 3. The number of Topliss-reactive ketones (excluding diaryl/α,β-unsaturated/α-hetero) is 1. The molecule has 1 saturated carbocycles. The van der Waals surface area contributed by atoms with Crippen LogP contribution in [-0.2, 0) is 9.53 Å². The fraction of sp³-hybridized carbons (Fsp3) is 0.576. The van der Waals surface area contributed by atoms with Crippen LogP contribution in [0, 0.1) is 12.8 Å². The lowest BCUT2D eigenvalue weighted by atomic mass is 9.91. The second kappa shape index (κ2) is 12.8. The van der Waals surface area contributed by atoms with Gasteiger partial charge in [-0.3, -0.25) is 19.0 Å². The largest absolute Gasteiger partial charge is 0.460 e. The lowest BCUT2D eigenvalue weighted by Crippen LogP contribution is -2.33. The summed E-state index contributed by atoms with van der Waals surface area (Å²) < 4.78 is 7.14. The summed E-state index contributed by atoms with van der Waals surface area (Å²) in [5, 5.41) is 3.92. The molecule has 1 aliphatic carbocycles. The van der Waals surface area contributed by atoms with E-state index in [0.29, 0.717) is 35.3 Å². The van der Waals surface area contributed by atoms with Crippen LogP contribution in [0.25, 0.3) is 11.0 Å². The molecule has 0 spiro atoms. The first kappa shape index (κ1) is 30.6. The van der Waals surface area contributed by atoms with Gasteiger partial charge in [0.1, 0.15) is 17.1 Å². The van der Waals surface area contributed by atoms with Gasteiger partial charge in [-0.2, -0.15) is 4.98 Å². The Morgan fingerprint density at radius 3 is 2.40 bits per heavy atom. The fourth-order valence-corrected chi connectivity index (χ4v) is 6.48. The van der Waals surface area contributed by atoms with Crippen LogP contribution in [0.15, 0.2) is 29.3 Å². The van der Waals surface area contributed by atoms with Crippen molar-refractivity contribution in [3.63, 3.8) is 0 Å². The highest BCUT2D eigenvalue weighted by Gasteiger charge is 2.26. The number of fused-ring (bicyclic) bond motifs is 1. The minimum absolute atomic E-state index is 0.0305. The summed E-state index contributed by atoms with van der Waals surface area (Å²) in [5.74, 6) is 1.26. The lowest BCUT2D eigenvalue weighted by molar-refractivity contribution is -0.155. The number of pyridine rings is 2. The second-order valence-corrected chi connectivity index (χ2v) is 13.0. The monoisotopic (exact) mass is 588 g/mol. The zero-order chi connectivity index (χ0) is 30.7. The number of hydrogen-bond acceptors (Lipinski definition) is 9. The fourth-order valence-electron chi connectivity index (χ4n) is 6.48. The number of esters is 1. The minimum Gasteiger partial charge on any atom is -0.460 e. The third kappa shape index (κ3) is 7.22. The first-order chi connectivity index (χ1) is 20.5. The molecule has 0 unspecified atom stereocenters. The average molecular weight is 589 g/mol. The number of piperidine rings is 1. The molecule has 0 aromatic carbocycles. The van der Waals surface area contributed by atoms with Gasteiger partial charge < -0.3 is 15.0 Å².